The highest BCUT2D eigenvalue weighted by Gasteiger charge is 2.21. The maximum atomic E-state index is 12.1. The van der Waals surface area contributed by atoms with E-state index in [1.165, 1.54) is 0 Å². The van der Waals surface area contributed by atoms with Gasteiger partial charge in [0.05, 0.1) is 6.54 Å². The molecule has 0 saturated carbocycles. The fourth-order valence-electron chi connectivity index (χ4n) is 2.68. The number of anilines is 1. The minimum Gasteiger partial charge on any atom is -0.492 e. The van der Waals surface area contributed by atoms with Gasteiger partial charge in [0.1, 0.15) is 12.4 Å². The predicted molar refractivity (Wildman–Crippen MR) is 97.3 cm³/mol. The van der Waals surface area contributed by atoms with E-state index in [0.29, 0.717) is 35.9 Å². The van der Waals surface area contributed by atoms with E-state index in [-0.39, 0.29) is 11.8 Å². The maximum Gasteiger partial charge on any atom is 0.251 e. The lowest BCUT2D eigenvalue weighted by Gasteiger charge is -2.15. The molecular weight excluding hydrogens is 340 g/mol. The topological polar surface area (TPSA) is 58.6 Å². The number of nitrogens with one attached hydrogen (secondary N) is 1. The SMILES string of the molecule is O=C(NCCOc1ccc(Cl)cc1)c1ccc(N2CCCC2=O)cc1. The Bertz CT molecular complexity index is 744. The van der Waals surface area contributed by atoms with E-state index < -0.39 is 0 Å². The molecule has 5 nitrogen and oxygen atoms in total. The van der Waals surface area contributed by atoms with Crippen LogP contribution in [0.5, 0.6) is 5.75 Å². The third-order valence-corrected chi connectivity index (χ3v) is 4.24. The number of ether oxygens (including phenoxy) is 1. The fraction of sp³-hybridized carbons (Fsp3) is 0.263. The highest BCUT2D eigenvalue weighted by Crippen LogP contribution is 2.21. The van der Waals surface area contributed by atoms with Gasteiger partial charge in [0.15, 0.2) is 0 Å². The van der Waals surface area contributed by atoms with Crippen molar-refractivity contribution in [3.8, 4) is 5.75 Å². The van der Waals surface area contributed by atoms with Crippen molar-refractivity contribution in [1.82, 2.24) is 5.32 Å². The Balaban J connectivity index is 1.46. The van der Waals surface area contributed by atoms with Gasteiger partial charge in [-0.15, -0.1) is 0 Å². The molecule has 0 atom stereocenters. The molecule has 0 unspecified atom stereocenters. The van der Waals surface area contributed by atoms with Gasteiger partial charge in [0.25, 0.3) is 5.91 Å². The highest BCUT2D eigenvalue weighted by atomic mass is 35.5. The molecule has 0 aromatic heterocycles. The summed E-state index contributed by atoms with van der Waals surface area (Å²) in [6.45, 7) is 1.51. The van der Waals surface area contributed by atoms with E-state index in [0.717, 1.165) is 18.7 Å². The molecule has 1 aliphatic heterocycles. The lowest BCUT2D eigenvalue weighted by Crippen LogP contribution is -2.28. The molecule has 1 saturated heterocycles. The lowest BCUT2D eigenvalue weighted by molar-refractivity contribution is -0.117. The van der Waals surface area contributed by atoms with Crippen LogP contribution in [0.4, 0.5) is 5.69 Å². The highest BCUT2D eigenvalue weighted by molar-refractivity contribution is 6.30. The summed E-state index contributed by atoms with van der Waals surface area (Å²) in [4.78, 5) is 25.6. The molecule has 0 aliphatic carbocycles. The Labute approximate surface area is 151 Å². The van der Waals surface area contributed by atoms with Crippen molar-refractivity contribution in [1.29, 1.82) is 0 Å². The summed E-state index contributed by atoms with van der Waals surface area (Å²) in [6, 6.07) is 14.1. The zero-order valence-corrected chi connectivity index (χ0v) is 14.5. The average Bonchev–Trinajstić information content (AvgIpc) is 3.06. The van der Waals surface area contributed by atoms with Crippen LogP contribution in [0.15, 0.2) is 48.5 Å². The van der Waals surface area contributed by atoms with Gasteiger partial charge in [-0.3, -0.25) is 9.59 Å². The van der Waals surface area contributed by atoms with E-state index in [9.17, 15) is 9.59 Å². The van der Waals surface area contributed by atoms with Crippen molar-refractivity contribution in [2.75, 3.05) is 24.6 Å². The van der Waals surface area contributed by atoms with Crippen LogP contribution in [-0.4, -0.2) is 31.5 Å². The van der Waals surface area contributed by atoms with E-state index in [1.54, 1.807) is 41.3 Å². The largest absolute Gasteiger partial charge is 0.492 e. The van der Waals surface area contributed by atoms with Gasteiger partial charge in [-0.1, -0.05) is 11.6 Å². The number of halogens is 1. The van der Waals surface area contributed by atoms with Crippen molar-refractivity contribution in [2.24, 2.45) is 0 Å². The number of hydrogen-bond acceptors (Lipinski definition) is 3. The van der Waals surface area contributed by atoms with Crippen molar-refractivity contribution >= 4 is 29.1 Å². The standard InChI is InChI=1S/C19H19ClN2O3/c20-15-5-9-17(10-6-15)25-13-11-21-19(24)14-3-7-16(8-4-14)22-12-1-2-18(22)23/h3-10H,1-2,11-13H2,(H,21,24). The first-order chi connectivity index (χ1) is 12.1. The van der Waals surface area contributed by atoms with Crippen LogP contribution in [0.3, 0.4) is 0 Å². The third-order valence-electron chi connectivity index (χ3n) is 3.98. The quantitative estimate of drug-likeness (QED) is 0.806. The molecule has 3 rings (SSSR count). The van der Waals surface area contributed by atoms with Gasteiger partial charge in [-0.2, -0.15) is 0 Å². The second-order valence-electron chi connectivity index (χ2n) is 5.75. The van der Waals surface area contributed by atoms with Crippen molar-refractivity contribution < 1.29 is 14.3 Å². The summed E-state index contributed by atoms with van der Waals surface area (Å²) in [5.41, 5.74) is 1.40. The smallest absolute Gasteiger partial charge is 0.251 e. The molecule has 25 heavy (non-hydrogen) atoms. The van der Waals surface area contributed by atoms with Gasteiger partial charge in [0.2, 0.25) is 5.91 Å². The average molecular weight is 359 g/mol. The molecule has 1 fully saturated rings. The number of benzene rings is 2. The molecule has 130 valence electrons. The first-order valence-electron chi connectivity index (χ1n) is 8.20. The number of hydrogen-bond donors (Lipinski definition) is 1. The summed E-state index contributed by atoms with van der Waals surface area (Å²) in [6.07, 6.45) is 1.48. The van der Waals surface area contributed by atoms with Crippen molar-refractivity contribution in [2.45, 2.75) is 12.8 Å². The van der Waals surface area contributed by atoms with Crippen molar-refractivity contribution in [3.63, 3.8) is 0 Å². The maximum absolute atomic E-state index is 12.1. The van der Waals surface area contributed by atoms with E-state index in [1.807, 2.05) is 12.1 Å². The predicted octanol–water partition coefficient (Wildman–Crippen LogP) is 3.28. The number of rotatable bonds is 6. The first-order valence-corrected chi connectivity index (χ1v) is 8.58. The van der Waals surface area contributed by atoms with Crippen LogP contribution in [-0.2, 0) is 4.79 Å². The van der Waals surface area contributed by atoms with E-state index in [4.69, 9.17) is 16.3 Å². The number of carbonyl (C=O) groups excluding carboxylic acids is 2. The molecule has 1 heterocycles. The zero-order chi connectivity index (χ0) is 17.6. The van der Waals surface area contributed by atoms with Crippen LogP contribution < -0.4 is 15.0 Å². The fourth-order valence-corrected chi connectivity index (χ4v) is 2.81. The summed E-state index contributed by atoms with van der Waals surface area (Å²) in [5, 5.41) is 3.46. The molecule has 0 radical (unpaired) electrons. The molecule has 2 aromatic carbocycles. The van der Waals surface area contributed by atoms with Gasteiger partial charge in [-0.05, 0) is 55.0 Å². The summed E-state index contributed by atoms with van der Waals surface area (Å²) in [7, 11) is 0. The monoisotopic (exact) mass is 358 g/mol. The molecule has 6 heteroatoms. The second-order valence-corrected chi connectivity index (χ2v) is 6.19. The Morgan fingerprint density at radius 1 is 1.12 bits per heavy atom. The van der Waals surface area contributed by atoms with Crippen LogP contribution in [0.25, 0.3) is 0 Å². The zero-order valence-electron chi connectivity index (χ0n) is 13.7. The molecule has 2 amide bonds. The van der Waals surface area contributed by atoms with Gasteiger partial charge >= 0.3 is 0 Å². The van der Waals surface area contributed by atoms with Gasteiger partial charge in [0, 0.05) is 29.2 Å². The minimum atomic E-state index is -0.168. The van der Waals surface area contributed by atoms with Crippen LogP contribution in [0.1, 0.15) is 23.2 Å². The summed E-state index contributed by atoms with van der Waals surface area (Å²) in [5.74, 6) is 0.675. The number of nitrogens with zero attached hydrogens (tertiary/aromatic N) is 1. The summed E-state index contributed by atoms with van der Waals surface area (Å²) >= 11 is 5.81. The minimum absolute atomic E-state index is 0.136. The molecule has 1 aliphatic rings. The van der Waals surface area contributed by atoms with Crippen LogP contribution >= 0.6 is 11.6 Å². The van der Waals surface area contributed by atoms with Crippen LogP contribution in [0, 0.1) is 0 Å². The van der Waals surface area contributed by atoms with Gasteiger partial charge in [-0.25, -0.2) is 0 Å². The lowest BCUT2D eigenvalue weighted by atomic mass is 10.2. The third kappa shape index (κ3) is 4.51. The van der Waals surface area contributed by atoms with Crippen molar-refractivity contribution in [3.05, 3.63) is 59.1 Å². The molecular formula is C19H19ClN2O3. The Morgan fingerprint density at radius 3 is 2.48 bits per heavy atom. The molecule has 1 N–H and O–H groups in total. The normalized spacial score (nSPS) is 13.8. The number of amides is 2. The molecule has 0 bridgehead atoms. The Morgan fingerprint density at radius 2 is 1.84 bits per heavy atom. The van der Waals surface area contributed by atoms with E-state index in [2.05, 4.69) is 5.32 Å². The van der Waals surface area contributed by atoms with Crippen LogP contribution in [0.2, 0.25) is 5.02 Å². The van der Waals surface area contributed by atoms with Gasteiger partial charge < -0.3 is 15.0 Å². The molecule has 0 spiro atoms. The first kappa shape index (κ1) is 17.3. The second kappa shape index (κ2) is 8.03. The Kier molecular flexibility index (Phi) is 5.56. The molecule has 2 aromatic rings. The van der Waals surface area contributed by atoms with E-state index >= 15 is 0 Å². The Hall–Kier alpha value is -2.53. The number of carbonyl (C=O) groups is 2. The summed E-state index contributed by atoms with van der Waals surface area (Å²) < 4.78 is 5.53.